The molecule has 0 spiro atoms. The van der Waals surface area contributed by atoms with Crippen molar-refractivity contribution in [2.75, 3.05) is 0 Å². The van der Waals surface area contributed by atoms with E-state index in [1.54, 1.807) is 0 Å². The van der Waals surface area contributed by atoms with Crippen LogP contribution in [0.4, 0.5) is 101 Å². The summed E-state index contributed by atoms with van der Waals surface area (Å²) in [4.78, 5) is 0. The van der Waals surface area contributed by atoms with Crippen LogP contribution < -0.4 is 51.4 Å². The average Bonchev–Trinajstić information content (AvgIpc) is 2.70. The van der Waals surface area contributed by atoms with Gasteiger partial charge in [-0.2, -0.15) is 87.8 Å². The van der Waals surface area contributed by atoms with Crippen LogP contribution in [-0.4, -0.2) is 84.1 Å². The molecule has 0 amide bonds. The summed E-state index contributed by atoms with van der Waals surface area (Å²) in [6.45, 7) is 0. The molecule has 0 aliphatic carbocycles. The maximum absolute atomic E-state index is 13.5. The molecule has 236 valence electrons. The Morgan fingerprint density at radius 1 is 0.400 bits per heavy atom. The molecule has 0 bridgehead atoms. The first kappa shape index (κ1) is 42.1. The van der Waals surface area contributed by atoms with E-state index in [0.29, 0.717) is 0 Å². The molecule has 0 N–H and O–H groups in total. The second kappa shape index (κ2) is 10.8. The van der Waals surface area contributed by atoms with Crippen molar-refractivity contribution >= 4 is 10.1 Å². The van der Waals surface area contributed by atoms with Crippen LogP contribution in [0.15, 0.2) is 0 Å². The number of halogens is 23. The van der Waals surface area contributed by atoms with Crippen LogP contribution in [0.2, 0.25) is 0 Å². The molecule has 0 rings (SSSR count). The number of hydrogen-bond donors (Lipinski definition) is 0. The van der Waals surface area contributed by atoms with Gasteiger partial charge in [0.05, 0.1) is 0 Å². The van der Waals surface area contributed by atoms with Crippen LogP contribution in [0.1, 0.15) is 0 Å². The van der Waals surface area contributed by atoms with Gasteiger partial charge >= 0.3 is 117 Å². The smallest absolute Gasteiger partial charge is 0.746 e. The molecule has 1 unspecified atom stereocenters. The fourth-order valence-corrected chi connectivity index (χ4v) is 2.57. The van der Waals surface area contributed by atoms with Crippen molar-refractivity contribution in [2.24, 2.45) is 0 Å². The molecule has 0 aromatic carbocycles. The van der Waals surface area contributed by atoms with Gasteiger partial charge in [-0.15, -0.1) is 0 Å². The molecule has 0 aromatic rings. The summed E-state index contributed by atoms with van der Waals surface area (Å²) >= 11 is 0. The van der Waals surface area contributed by atoms with E-state index in [2.05, 4.69) is 0 Å². The molecule has 0 fully saturated rings. The molecule has 40 heavy (non-hydrogen) atoms. The Kier molecular flexibility index (Phi) is 11.4. The maximum Gasteiger partial charge on any atom is 1.00 e. The molecule has 1 atom stereocenters. The van der Waals surface area contributed by atoms with Gasteiger partial charge in [-0.1, -0.05) is 0 Å². The minimum absolute atomic E-state index is 0. The monoisotopic (exact) mass is 702 g/mol. The Morgan fingerprint density at radius 2 is 0.575 bits per heavy atom. The number of alkyl halides is 23. The molecular formula is C12H2F23KO3S. The first-order valence-electron chi connectivity index (χ1n) is 8.00. The summed E-state index contributed by atoms with van der Waals surface area (Å²) in [5, 5.41) is 0. The van der Waals surface area contributed by atoms with Crippen molar-refractivity contribution in [1.82, 2.24) is 0 Å². The SMILES string of the molecule is O=S(=O)([O-])C(F)C(F)(F)C(F)(F)C(F)(F)C(F)(F)C(F)(F)C(F)(F)C(F)(F)C(F)(F)C(F)(F)C(F)(F)C(F)F.[K+]. The van der Waals surface area contributed by atoms with Gasteiger partial charge in [-0.3, -0.25) is 0 Å². The third-order valence-corrected chi connectivity index (χ3v) is 5.21. The molecule has 3 nitrogen and oxygen atoms in total. The molecule has 0 saturated carbocycles. The number of hydrogen-bond acceptors (Lipinski definition) is 3. The minimum Gasteiger partial charge on any atom is -0.746 e. The summed E-state index contributed by atoms with van der Waals surface area (Å²) in [6.07, 6.45) is -6.28. The van der Waals surface area contributed by atoms with Gasteiger partial charge in [0.15, 0.2) is 0 Å². The molecule has 0 saturated heterocycles. The Balaban J connectivity index is 0. The van der Waals surface area contributed by atoms with Crippen molar-refractivity contribution in [3.05, 3.63) is 0 Å². The largest absolute Gasteiger partial charge is 1.00 e. The quantitative estimate of drug-likeness (QED) is 0.178. The first-order valence-corrected chi connectivity index (χ1v) is 9.47. The fourth-order valence-electron chi connectivity index (χ4n) is 2.06. The van der Waals surface area contributed by atoms with Crippen LogP contribution in [-0.2, 0) is 10.1 Å². The van der Waals surface area contributed by atoms with Gasteiger partial charge in [0, 0.05) is 0 Å². The van der Waals surface area contributed by atoms with Crippen molar-refractivity contribution in [3.8, 4) is 0 Å². The van der Waals surface area contributed by atoms with Gasteiger partial charge in [-0.25, -0.2) is 21.6 Å². The Hall–Kier alpha value is -0.0636. The normalized spacial score (nSPS) is 17.1. The van der Waals surface area contributed by atoms with E-state index < -0.39 is 81.3 Å². The fraction of sp³-hybridized carbons (Fsp3) is 1.00. The van der Waals surface area contributed by atoms with Crippen molar-refractivity contribution < 1.29 is 165 Å². The van der Waals surface area contributed by atoms with Crippen LogP contribution in [0, 0.1) is 0 Å². The Labute approximate surface area is 245 Å². The van der Waals surface area contributed by atoms with Crippen molar-refractivity contribution in [3.63, 3.8) is 0 Å². The zero-order valence-corrected chi connectivity index (χ0v) is 21.4. The first-order chi connectivity index (χ1) is 16.3. The van der Waals surface area contributed by atoms with Gasteiger partial charge < -0.3 is 4.55 Å². The van der Waals surface area contributed by atoms with Crippen LogP contribution >= 0.6 is 0 Å². The molecule has 0 aliphatic heterocycles. The Bertz CT molecular complexity index is 1020. The summed E-state index contributed by atoms with van der Waals surface area (Å²) in [5.41, 5.74) is -6.35. The molecular weight excluding hydrogens is 700 g/mol. The van der Waals surface area contributed by atoms with Crippen LogP contribution in [0.25, 0.3) is 0 Å². The van der Waals surface area contributed by atoms with Gasteiger partial charge in [0.25, 0.3) is 5.50 Å². The molecule has 0 aromatic heterocycles. The number of rotatable bonds is 12. The molecule has 0 aliphatic rings. The predicted molar refractivity (Wildman–Crippen MR) is 70.1 cm³/mol. The van der Waals surface area contributed by atoms with Gasteiger partial charge in [0.1, 0.15) is 10.1 Å². The molecule has 0 radical (unpaired) electrons. The van der Waals surface area contributed by atoms with Gasteiger partial charge in [0.2, 0.25) is 0 Å². The van der Waals surface area contributed by atoms with Crippen LogP contribution in [0.5, 0.6) is 0 Å². The van der Waals surface area contributed by atoms with E-state index in [4.69, 9.17) is 0 Å². The third kappa shape index (κ3) is 5.29. The van der Waals surface area contributed by atoms with E-state index in [1.807, 2.05) is 0 Å². The van der Waals surface area contributed by atoms with Crippen molar-refractivity contribution in [1.29, 1.82) is 0 Å². The topological polar surface area (TPSA) is 57.2 Å². The van der Waals surface area contributed by atoms with E-state index in [9.17, 15) is 114 Å². The van der Waals surface area contributed by atoms with E-state index in [-0.39, 0.29) is 51.4 Å². The second-order valence-corrected chi connectivity index (χ2v) is 8.35. The van der Waals surface area contributed by atoms with Gasteiger partial charge in [-0.05, 0) is 0 Å². The average molecular weight is 702 g/mol. The Morgan fingerprint density at radius 3 is 0.750 bits per heavy atom. The maximum atomic E-state index is 13.5. The molecule has 28 heteroatoms. The summed E-state index contributed by atoms with van der Waals surface area (Å²) in [6, 6.07) is 0. The summed E-state index contributed by atoms with van der Waals surface area (Å²) in [5.74, 6) is -90.0. The van der Waals surface area contributed by atoms with E-state index in [1.165, 1.54) is 0 Å². The zero-order chi connectivity index (χ0) is 32.7. The van der Waals surface area contributed by atoms with E-state index in [0.717, 1.165) is 0 Å². The van der Waals surface area contributed by atoms with E-state index >= 15 is 0 Å². The van der Waals surface area contributed by atoms with Crippen LogP contribution in [0.3, 0.4) is 0 Å². The zero-order valence-electron chi connectivity index (χ0n) is 17.5. The summed E-state index contributed by atoms with van der Waals surface area (Å²) in [7, 11) is -7.69. The third-order valence-electron chi connectivity index (χ3n) is 4.41. The second-order valence-electron chi connectivity index (χ2n) is 6.95. The van der Waals surface area contributed by atoms with Crippen molar-refractivity contribution in [2.45, 2.75) is 71.2 Å². The standard InChI is InChI=1S/C12H3F23O3S.K/c13-1(14)3(16,17)5(20,21)7(24,25)9(28,29)11(32,33)12(34,35)10(30,31)8(26,27)6(22,23)4(18,19)2(15)39(36,37)38;/h1-2H,(H,36,37,38);/q;+1/p-1. The predicted octanol–water partition coefficient (Wildman–Crippen LogP) is 3.45. The summed E-state index contributed by atoms with van der Waals surface area (Å²) < 4.78 is 331. The minimum atomic E-state index is -9.53. The molecule has 0 heterocycles.